The van der Waals surface area contributed by atoms with Gasteiger partial charge in [0.1, 0.15) is 10.7 Å². The van der Waals surface area contributed by atoms with E-state index in [1.54, 1.807) is 11.3 Å². The lowest BCUT2D eigenvalue weighted by Crippen LogP contribution is -2.33. The predicted molar refractivity (Wildman–Crippen MR) is 110 cm³/mol. The lowest BCUT2D eigenvalue weighted by molar-refractivity contribution is 0.287. The molecule has 0 saturated carbocycles. The van der Waals surface area contributed by atoms with Gasteiger partial charge in [-0.25, -0.2) is 4.98 Å². The van der Waals surface area contributed by atoms with Crippen LogP contribution in [0.1, 0.15) is 37.0 Å². The van der Waals surface area contributed by atoms with Crippen molar-refractivity contribution in [1.82, 2.24) is 14.5 Å². The van der Waals surface area contributed by atoms with E-state index in [0.29, 0.717) is 13.0 Å². The molecular weight excluding hydrogens is 342 g/mol. The minimum absolute atomic E-state index is 0.101. The topological polar surface area (TPSA) is 38.1 Å². The molecule has 0 aliphatic carbocycles. The fourth-order valence-corrected chi connectivity index (χ4v) is 4.18. The molecule has 0 aliphatic heterocycles. The average Bonchev–Trinajstić information content (AvgIpc) is 3.09. The van der Waals surface area contributed by atoms with Gasteiger partial charge in [0.15, 0.2) is 0 Å². The second kappa shape index (κ2) is 8.60. The Balaban J connectivity index is 2.03. The summed E-state index contributed by atoms with van der Waals surface area (Å²) in [6.45, 7) is 9.97. The van der Waals surface area contributed by atoms with Crippen molar-refractivity contribution in [1.29, 1.82) is 0 Å². The largest absolute Gasteiger partial charge is 0.302 e. The highest BCUT2D eigenvalue weighted by Crippen LogP contribution is 2.22. The number of hydrogen-bond donors (Lipinski definition) is 0. The molecule has 26 heavy (non-hydrogen) atoms. The van der Waals surface area contributed by atoms with Crippen LogP contribution in [0.15, 0.2) is 41.2 Å². The van der Waals surface area contributed by atoms with Gasteiger partial charge >= 0.3 is 0 Å². The average molecular weight is 370 g/mol. The molecule has 0 fully saturated rings. The summed E-state index contributed by atoms with van der Waals surface area (Å²) in [5, 5.41) is 0.767. The molecular formula is C21H27N3OS. The van der Waals surface area contributed by atoms with E-state index in [2.05, 4.69) is 37.8 Å². The van der Waals surface area contributed by atoms with Gasteiger partial charge in [0, 0.05) is 24.4 Å². The van der Waals surface area contributed by atoms with Crippen LogP contribution in [0.2, 0.25) is 0 Å². The van der Waals surface area contributed by atoms with Crippen LogP contribution >= 0.6 is 11.3 Å². The number of likely N-dealkylation sites (N-methyl/N-ethyl adjacent to an activating group) is 1. The molecule has 0 radical (unpaired) electrons. The zero-order chi connectivity index (χ0) is 18.5. The van der Waals surface area contributed by atoms with Gasteiger partial charge in [-0.1, -0.05) is 51.1 Å². The fourth-order valence-electron chi connectivity index (χ4n) is 3.21. The molecule has 4 nitrogen and oxygen atoms in total. The van der Waals surface area contributed by atoms with Gasteiger partial charge in [-0.05, 0) is 31.1 Å². The lowest BCUT2D eigenvalue weighted by Gasteiger charge is -2.20. The maximum absolute atomic E-state index is 13.2. The Kier molecular flexibility index (Phi) is 6.22. The summed E-state index contributed by atoms with van der Waals surface area (Å²) < 4.78 is 1.89. The summed E-state index contributed by atoms with van der Waals surface area (Å²) in [5.41, 5.74) is 1.28. The highest BCUT2D eigenvalue weighted by molar-refractivity contribution is 7.18. The molecule has 1 aromatic carbocycles. The van der Waals surface area contributed by atoms with Gasteiger partial charge < -0.3 is 4.90 Å². The van der Waals surface area contributed by atoms with E-state index in [4.69, 9.17) is 4.98 Å². The van der Waals surface area contributed by atoms with Crippen molar-refractivity contribution in [2.75, 3.05) is 19.6 Å². The molecule has 0 unspecified atom stereocenters. The third-order valence-electron chi connectivity index (χ3n) is 4.87. The molecule has 0 atom stereocenters. The minimum Gasteiger partial charge on any atom is -0.302 e. The van der Waals surface area contributed by atoms with E-state index in [0.717, 1.165) is 42.1 Å². The summed E-state index contributed by atoms with van der Waals surface area (Å²) in [4.78, 5) is 22.5. The summed E-state index contributed by atoms with van der Waals surface area (Å²) in [5.74, 6) is 0.866. The Bertz CT molecular complexity index is 910. The molecule has 138 valence electrons. The van der Waals surface area contributed by atoms with E-state index in [1.807, 2.05) is 28.8 Å². The number of aryl methyl sites for hydroxylation is 1. The van der Waals surface area contributed by atoms with Crippen LogP contribution in [-0.4, -0.2) is 34.1 Å². The maximum Gasteiger partial charge on any atom is 0.262 e. The first-order valence-corrected chi connectivity index (χ1v) is 10.3. The number of aromatic nitrogens is 2. The third-order valence-corrected chi connectivity index (χ3v) is 6.04. The number of hydrogen-bond acceptors (Lipinski definition) is 4. The Morgan fingerprint density at radius 2 is 1.85 bits per heavy atom. The molecule has 0 bridgehead atoms. The van der Waals surface area contributed by atoms with Gasteiger partial charge in [-0.2, -0.15) is 0 Å². The summed E-state index contributed by atoms with van der Waals surface area (Å²) in [6.07, 6.45) is 1.62. The standard InChI is InChI=1S/C21H27N3OS/c1-4-17-15-18-20(26-17)22-19(14-16-10-8-7-9-11-16)24(21(18)25)13-12-23(5-2)6-3/h7-11,15H,4-6,12-14H2,1-3H3. The first kappa shape index (κ1) is 18.8. The lowest BCUT2D eigenvalue weighted by atomic mass is 10.1. The SMILES string of the molecule is CCc1cc2c(=O)n(CCN(CC)CC)c(Cc3ccccc3)nc2s1. The second-order valence-electron chi connectivity index (χ2n) is 6.46. The van der Waals surface area contributed by atoms with Crippen LogP contribution < -0.4 is 5.56 Å². The number of fused-ring (bicyclic) bond motifs is 1. The maximum atomic E-state index is 13.2. The van der Waals surface area contributed by atoms with Crippen LogP contribution in [0.25, 0.3) is 10.2 Å². The summed E-state index contributed by atoms with van der Waals surface area (Å²) in [7, 11) is 0. The molecule has 2 heterocycles. The van der Waals surface area contributed by atoms with Crippen LogP contribution in [0.5, 0.6) is 0 Å². The normalized spacial score (nSPS) is 11.5. The zero-order valence-electron chi connectivity index (χ0n) is 15.9. The van der Waals surface area contributed by atoms with E-state index >= 15 is 0 Å². The van der Waals surface area contributed by atoms with Crippen LogP contribution in [0.4, 0.5) is 0 Å². The monoisotopic (exact) mass is 369 g/mol. The van der Waals surface area contributed by atoms with E-state index in [-0.39, 0.29) is 5.56 Å². The Morgan fingerprint density at radius 1 is 1.12 bits per heavy atom. The highest BCUT2D eigenvalue weighted by atomic mass is 32.1. The van der Waals surface area contributed by atoms with E-state index < -0.39 is 0 Å². The number of thiophene rings is 1. The van der Waals surface area contributed by atoms with Crippen LogP contribution in [0, 0.1) is 0 Å². The number of rotatable bonds is 8. The van der Waals surface area contributed by atoms with E-state index in [1.165, 1.54) is 10.4 Å². The molecule has 0 saturated heterocycles. The first-order valence-electron chi connectivity index (χ1n) is 9.44. The van der Waals surface area contributed by atoms with E-state index in [9.17, 15) is 4.79 Å². The number of benzene rings is 1. The predicted octanol–water partition coefficient (Wildman–Crippen LogP) is 3.95. The van der Waals surface area contributed by atoms with Crippen molar-refractivity contribution < 1.29 is 0 Å². The van der Waals surface area contributed by atoms with Crippen LogP contribution in [0.3, 0.4) is 0 Å². The van der Waals surface area contributed by atoms with Crippen molar-refractivity contribution in [2.24, 2.45) is 0 Å². The third kappa shape index (κ3) is 4.05. The molecule has 0 aliphatic rings. The van der Waals surface area contributed by atoms with Gasteiger partial charge in [-0.15, -0.1) is 11.3 Å². The first-order chi connectivity index (χ1) is 12.7. The van der Waals surface area contributed by atoms with Crippen molar-refractivity contribution >= 4 is 21.6 Å². The molecule has 0 amide bonds. The Hall–Kier alpha value is -1.98. The Morgan fingerprint density at radius 3 is 2.50 bits per heavy atom. The van der Waals surface area contributed by atoms with Gasteiger partial charge in [0.25, 0.3) is 5.56 Å². The fraction of sp³-hybridized carbons (Fsp3) is 0.429. The van der Waals surface area contributed by atoms with Crippen LogP contribution in [-0.2, 0) is 19.4 Å². The zero-order valence-corrected chi connectivity index (χ0v) is 16.7. The minimum atomic E-state index is 0.101. The quantitative estimate of drug-likeness (QED) is 0.603. The van der Waals surface area contributed by atoms with Gasteiger partial charge in [-0.3, -0.25) is 9.36 Å². The van der Waals surface area contributed by atoms with Crippen molar-refractivity contribution in [3.63, 3.8) is 0 Å². The highest BCUT2D eigenvalue weighted by Gasteiger charge is 2.15. The molecule has 3 rings (SSSR count). The number of nitrogens with zero attached hydrogens (tertiary/aromatic N) is 3. The smallest absolute Gasteiger partial charge is 0.262 e. The molecule has 3 aromatic rings. The van der Waals surface area contributed by atoms with Gasteiger partial charge in [0.2, 0.25) is 0 Å². The van der Waals surface area contributed by atoms with Crippen molar-refractivity contribution in [3.8, 4) is 0 Å². The van der Waals surface area contributed by atoms with Gasteiger partial charge in [0.05, 0.1) is 5.39 Å². The summed E-state index contributed by atoms with van der Waals surface area (Å²) in [6, 6.07) is 12.3. The molecule has 2 aromatic heterocycles. The molecule has 0 N–H and O–H groups in total. The summed E-state index contributed by atoms with van der Waals surface area (Å²) >= 11 is 1.64. The molecule has 0 spiro atoms. The Labute approximate surface area is 159 Å². The molecule has 5 heteroatoms. The van der Waals surface area contributed by atoms with Crippen molar-refractivity contribution in [3.05, 3.63) is 63.0 Å². The van der Waals surface area contributed by atoms with Crippen molar-refractivity contribution in [2.45, 2.75) is 40.2 Å². The second-order valence-corrected chi connectivity index (χ2v) is 7.57.